The molecule has 0 saturated carbocycles. The van der Waals surface area contributed by atoms with Crippen molar-refractivity contribution in [1.82, 2.24) is 0 Å². The molecule has 2 heterocycles. The van der Waals surface area contributed by atoms with Gasteiger partial charge in [-0.1, -0.05) is 61.0 Å². The van der Waals surface area contributed by atoms with Crippen molar-refractivity contribution in [3.63, 3.8) is 0 Å². The van der Waals surface area contributed by atoms with Gasteiger partial charge in [-0.25, -0.2) is 0 Å². The molecule has 1 amide bonds. The summed E-state index contributed by atoms with van der Waals surface area (Å²) in [5.74, 6) is -0.257. The first kappa shape index (κ1) is 19.6. The van der Waals surface area contributed by atoms with Gasteiger partial charge < -0.3 is 4.42 Å². The number of carbonyl (C=O) groups is 1. The number of carbonyl (C=O) groups excluding carboxylic acids is 1. The summed E-state index contributed by atoms with van der Waals surface area (Å²) in [6.07, 6.45) is 0.907. The highest BCUT2D eigenvalue weighted by atomic mass is 35.5. The average molecular weight is 430 g/mol. The summed E-state index contributed by atoms with van der Waals surface area (Å²) >= 11 is 6.38. The lowest BCUT2D eigenvalue weighted by Gasteiger charge is -2.25. The molecule has 4 aromatic rings. The summed E-state index contributed by atoms with van der Waals surface area (Å²) in [6.45, 7) is 4.00. The average Bonchev–Trinajstić information content (AvgIpc) is 3.08. The van der Waals surface area contributed by atoms with Gasteiger partial charge in [0, 0.05) is 10.7 Å². The van der Waals surface area contributed by atoms with Crippen LogP contribution in [-0.2, 0) is 6.42 Å². The quantitative estimate of drug-likeness (QED) is 0.397. The Morgan fingerprint density at radius 3 is 2.45 bits per heavy atom. The van der Waals surface area contributed by atoms with E-state index >= 15 is 0 Å². The fraction of sp³-hybridized carbons (Fsp3) is 0.154. The third kappa shape index (κ3) is 3.06. The fourth-order valence-corrected chi connectivity index (χ4v) is 4.34. The Morgan fingerprint density at radius 2 is 1.74 bits per heavy atom. The van der Waals surface area contributed by atoms with Crippen LogP contribution in [0.2, 0.25) is 5.02 Å². The minimum absolute atomic E-state index is 0.0879. The molecule has 0 fully saturated rings. The van der Waals surface area contributed by atoms with Crippen LogP contribution in [0.1, 0.15) is 45.8 Å². The maximum atomic E-state index is 13.5. The van der Waals surface area contributed by atoms with Crippen molar-refractivity contribution in [3.8, 4) is 0 Å². The van der Waals surface area contributed by atoms with E-state index in [0.717, 1.165) is 17.5 Å². The molecule has 0 bridgehead atoms. The second-order valence-corrected chi connectivity index (χ2v) is 8.18. The molecule has 0 radical (unpaired) electrons. The van der Waals surface area contributed by atoms with E-state index in [1.807, 2.05) is 43.3 Å². The first-order chi connectivity index (χ1) is 15.0. The van der Waals surface area contributed by atoms with Gasteiger partial charge >= 0.3 is 0 Å². The molecule has 1 aromatic heterocycles. The lowest BCUT2D eigenvalue weighted by Crippen LogP contribution is -2.29. The zero-order chi connectivity index (χ0) is 21.7. The van der Waals surface area contributed by atoms with E-state index in [-0.39, 0.29) is 17.1 Å². The summed E-state index contributed by atoms with van der Waals surface area (Å²) in [5, 5.41) is 1.03. The first-order valence-corrected chi connectivity index (χ1v) is 10.6. The number of anilines is 1. The minimum atomic E-state index is -0.590. The van der Waals surface area contributed by atoms with E-state index in [1.54, 1.807) is 35.2 Å². The van der Waals surface area contributed by atoms with E-state index in [0.29, 0.717) is 27.2 Å². The molecule has 0 spiro atoms. The molecule has 154 valence electrons. The van der Waals surface area contributed by atoms with Gasteiger partial charge in [-0.2, -0.15) is 0 Å². The van der Waals surface area contributed by atoms with Crippen molar-refractivity contribution in [1.29, 1.82) is 0 Å². The number of aryl methyl sites for hydroxylation is 2. The molecular weight excluding hydrogens is 410 g/mol. The highest BCUT2D eigenvalue weighted by Crippen LogP contribution is 2.42. The number of para-hydroxylation sites is 1. The topological polar surface area (TPSA) is 50.5 Å². The number of hydrogen-bond acceptors (Lipinski definition) is 3. The molecule has 5 rings (SSSR count). The van der Waals surface area contributed by atoms with E-state index in [2.05, 4.69) is 6.92 Å². The maximum Gasteiger partial charge on any atom is 0.295 e. The molecule has 0 N–H and O–H groups in total. The molecule has 31 heavy (non-hydrogen) atoms. The summed E-state index contributed by atoms with van der Waals surface area (Å²) in [5.41, 5.74) is 4.16. The van der Waals surface area contributed by atoms with Crippen LogP contribution >= 0.6 is 11.6 Å². The van der Waals surface area contributed by atoms with Crippen molar-refractivity contribution in [2.75, 3.05) is 4.90 Å². The molecule has 1 aliphatic rings. The predicted octanol–water partition coefficient (Wildman–Crippen LogP) is 6.07. The molecule has 0 saturated heterocycles. The normalized spacial score (nSPS) is 15.5. The summed E-state index contributed by atoms with van der Waals surface area (Å²) in [7, 11) is 0. The largest absolute Gasteiger partial charge is 0.450 e. The highest BCUT2D eigenvalue weighted by Gasteiger charge is 2.43. The summed E-state index contributed by atoms with van der Waals surface area (Å²) in [4.78, 5) is 28.7. The predicted molar refractivity (Wildman–Crippen MR) is 123 cm³/mol. The van der Waals surface area contributed by atoms with E-state index in [4.69, 9.17) is 16.0 Å². The smallest absolute Gasteiger partial charge is 0.295 e. The van der Waals surface area contributed by atoms with Crippen molar-refractivity contribution < 1.29 is 9.21 Å². The van der Waals surface area contributed by atoms with Gasteiger partial charge in [0.25, 0.3) is 5.91 Å². The standard InChI is InChI=1S/C26H20ClNO3/c1-3-16-9-11-17(12-10-16)23-22-24(29)19-6-4-5-7-21(19)31-25(22)26(30)28(23)18-13-8-15(2)20(27)14-18/h4-14,23H,3H2,1-2H3. The fourth-order valence-electron chi connectivity index (χ4n) is 4.17. The molecule has 3 aromatic carbocycles. The summed E-state index contributed by atoms with van der Waals surface area (Å²) in [6, 6.07) is 19.9. The van der Waals surface area contributed by atoms with Gasteiger partial charge in [0.15, 0.2) is 5.43 Å². The number of halogens is 1. The molecule has 5 heteroatoms. The Kier molecular flexibility index (Phi) is 4.67. The molecular formula is C26H20ClNO3. The van der Waals surface area contributed by atoms with Crippen LogP contribution in [0.25, 0.3) is 11.0 Å². The van der Waals surface area contributed by atoms with E-state index < -0.39 is 6.04 Å². The Bertz CT molecular complexity index is 1390. The van der Waals surface area contributed by atoms with Crippen LogP contribution in [0.4, 0.5) is 5.69 Å². The number of hydrogen-bond donors (Lipinski definition) is 0. The second kappa shape index (κ2) is 7.40. The molecule has 1 unspecified atom stereocenters. The van der Waals surface area contributed by atoms with Gasteiger partial charge in [-0.3, -0.25) is 14.5 Å². The Hall–Kier alpha value is -3.37. The van der Waals surface area contributed by atoms with E-state index in [9.17, 15) is 9.59 Å². The molecule has 1 atom stereocenters. The van der Waals surface area contributed by atoms with Crippen LogP contribution < -0.4 is 10.3 Å². The zero-order valence-electron chi connectivity index (χ0n) is 17.2. The first-order valence-electron chi connectivity index (χ1n) is 10.2. The van der Waals surface area contributed by atoms with Gasteiger partial charge in [-0.15, -0.1) is 0 Å². The zero-order valence-corrected chi connectivity index (χ0v) is 17.9. The number of amides is 1. The SMILES string of the molecule is CCc1ccc(C2c3c(oc4ccccc4c3=O)C(=O)N2c2ccc(C)c(Cl)c2)cc1. The lowest BCUT2D eigenvalue weighted by molar-refractivity contribution is 0.0971. The minimum Gasteiger partial charge on any atom is -0.450 e. The Balaban J connectivity index is 1.79. The highest BCUT2D eigenvalue weighted by molar-refractivity contribution is 6.31. The van der Waals surface area contributed by atoms with Gasteiger partial charge in [-0.05, 0) is 54.3 Å². The molecule has 4 nitrogen and oxygen atoms in total. The van der Waals surface area contributed by atoms with Crippen molar-refractivity contribution in [2.45, 2.75) is 26.3 Å². The monoisotopic (exact) mass is 429 g/mol. The van der Waals surface area contributed by atoms with Crippen molar-refractivity contribution in [3.05, 3.63) is 110 Å². The van der Waals surface area contributed by atoms with Crippen LogP contribution in [0.5, 0.6) is 0 Å². The Morgan fingerprint density at radius 1 is 1.00 bits per heavy atom. The number of fused-ring (bicyclic) bond motifs is 2. The van der Waals surface area contributed by atoms with Crippen LogP contribution in [0.15, 0.2) is 75.9 Å². The number of nitrogens with zero attached hydrogens (tertiary/aromatic N) is 1. The maximum absolute atomic E-state index is 13.5. The second-order valence-electron chi connectivity index (χ2n) is 7.78. The van der Waals surface area contributed by atoms with Crippen LogP contribution in [0, 0.1) is 6.92 Å². The van der Waals surface area contributed by atoms with Crippen LogP contribution in [0.3, 0.4) is 0 Å². The Labute approximate surface area is 184 Å². The van der Waals surface area contributed by atoms with Gasteiger partial charge in [0.1, 0.15) is 5.58 Å². The van der Waals surface area contributed by atoms with Crippen LogP contribution in [-0.4, -0.2) is 5.91 Å². The van der Waals surface area contributed by atoms with Crippen molar-refractivity contribution >= 4 is 34.2 Å². The molecule has 1 aliphatic heterocycles. The number of benzene rings is 3. The summed E-state index contributed by atoms with van der Waals surface area (Å²) < 4.78 is 5.98. The van der Waals surface area contributed by atoms with E-state index in [1.165, 1.54) is 5.56 Å². The lowest BCUT2D eigenvalue weighted by atomic mass is 9.97. The number of rotatable bonds is 3. The molecule has 0 aliphatic carbocycles. The third-order valence-corrected chi connectivity index (χ3v) is 6.32. The van der Waals surface area contributed by atoms with Crippen molar-refractivity contribution in [2.24, 2.45) is 0 Å². The van der Waals surface area contributed by atoms with Gasteiger partial charge in [0.05, 0.1) is 17.0 Å². The third-order valence-electron chi connectivity index (χ3n) is 5.91. The van der Waals surface area contributed by atoms with Gasteiger partial charge in [0.2, 0.25) is 5.76 Å².